The van der Waals surface area contributed by atoms with Crippen LogP contribution in [0.25, 0.3) is 0 Å². The van der Waals surface area contributed by atoms with Crippen LogP contribution in [0.1, 0.15) is 28.5 Å². The van der Waals surface area contributed by atoms with Crippen LogP contribution >= 0.6 is 23.2 Å². The first kappa shape index (κ1) is 20.2. The number of hydrogen-bond acceptors (Lipinski definition) is 3. The standard InChI is InChI=1S/C21H21Cl2N3O2/c1-3-26-20(19(23)12-24-26)13-25(2)21(27)16-9-7-15(8-10-16)14-28-18-6-4-5-17(22)11-18/h4-12H,3,13-14H2,1-2H3. The van der Waals surface area contributed by atoms with E-state index in [0.717, 1.165) is 11.3 Å². The number of amides is 1. The van der Waals surface area contributed by atoms with Gasteiger partial charge in [-0.15, -0.1) is 0 Å². The third-order valence-electron chi connectivity index (χ3n) is 4.33. The molecule has 0 spiro atoms. The van der Waals surface area contributed by atoms with E-state index in [-0.39, 0.29) is 5.91 Å². The van der Waals surface area contributed by atoms with E-state index in [1.807, 2.05) is 31.2 Å². The minimum atomic E-state index is -0.0813. The van der Waals surface area contributed by atoms with Crippen LogP contribution in [0.2, 0.25) is 10.0 Å². The Morgan fingerprint density at radius 1 is 1.18 bits per heavy atom. The van der Waals surface area contributed by atoms with E-state index >= 15 is 0 Å². The molecule has 2 aromatic carbocycles. The summed E-state index contributed by atoms with van der Waals surface area (Å²) in [5.41, 5.74) is 2.39. The highest BCUT2D eigenvalue weighted by atomic mass is 35.5. The summed E-state index contributed by atoms with van der Waals surface area (Å²) < 4.78 is 7.52. The normalized spacial score (nSPS) is 10.7. The lowest BCUT2D eigenvalue weighted by Gasteiger charge is -2.18. The number of aromatic nitrogens is 2. The molecule has 3 aromatic rings. The second-order valence-corrected chi connectivity index (χ2v) is 7.20. The van der Waals surface area contributed by atoms with Gasteiger partial charge in [-0.3, -0.25) is 9.48 Å². The van der Waals surface area contributed by atoms with Gasteiger partial charge in [0.05, 0.1) is 23.5 Å². The fourth-order valence-corrected chi connectivity index (χ4v) is 3.18. The zero-order chi connectivity index (χ0) is 20.1. The van der Waals surface area contributed by atoms with E-state index in [2.05, 4.69) is 5.10 Å². The lowest BCUT2D eigenvalue weighted by molar-refractivity contribution is 0.0781. The van der Waals surface area contributed by atoms with Crippen LogP contribution in [0.4, 0.5) is 0 Å². The quantitative estimate of drug-likeness (QED) is 0.539. The van der Waals surface area contributed by atoms with E-state index in [0.29, 0.717) is 41.1 Å². The fraction of sp³-hybridized carbons (Fsp3) is 0.238. The number of hydrogen-bond donors (Lipinski definition) is 0. The van der Waals surface area contributed by atoms with Crippen molar-refractivity contribution in [1.82, 2.24) is 14.7 Å². The van der Waals surface area contributed by atoms with E-state index in [4.69, 9.17) is 27.9 Å². The SMILES string of the molecule is CCn1ncc(Cl)c1CN(C)C(=O)c1ccc(COc2cccc(Cl)c2)cc1. The van der Waals surface area contributed by atoms with Gasteiger partial charge in [0.25, 0.3) is 5.91 Å². The van der Waals surface area contributed by atoms with Gasteiger partial charge in [-0.05, 0) is 42.8 Å². The molecule has 1 heterocycles. The zero-order valence-electron chi connectivity index (χ0n) is 15.7. The molecule has 0 fully saturated rings. The Kier molecular flexibility index (Phi) is 6.60. The topological polar surface area (TPSA) is 47.4 Å². The molecule has 0 aliphatic rings. The molecule has 7 heteroatoms. The molecule has 0 saturated heterocycles. The van der Waals surface area contributed by atoms with Gasteiger partial charge in [0.1, 0.15) is 12.4 Å². The van der Waals surface area contributed by atoms with Crippen LogP contribution in [-0.2, 0) is 19.7 Å². The number of carbonyl (C=O) groups is 1. The maximum Gasteiger partial charge on any atom is 0.253 e. The summed E-state index contributed by atoms with van der Waals surface area (Å²) in [6.07, 6.45) is 1.60. The zero-order valence-corrected chi connectivity index (χ0v) is 17.2. The molecule has 0 aliphatic carbocycles. The molecular weight excluding hydrogens is 397 g/mol. The first-order valence-electron chi connectivity index (χ1n) is 8.91. The Hall–Kier alpha value is -2.50. The number of benzene rings is 2. The third kappa shape index (κ3) is 4.86. The second-order valence-electron chi connectivity index (χ2n) is 6.36. The minimum absolute atomic E-state index is 0.0813. The fourth-order valence-electron chi connectivity index (χ4n) is 2.80. The number of nitrogens with zero attached hydrogens (tertiary/aromatic N) is 3. The number of aryl methyl sites for hydroxylation is 1. The largest absolute Gasteiger partial charge is 0.489 e. The highest BCUT2D eigenvalue weighted by molar-refractivity contribution is 6.31. The highest BCUT2D eigenvalue weighted by Gasteiger charge is 2.16. The molecule has 1 amide bonds. The van der Waals surface area contributed by atoms with E-state index < -0.39 is 0 Å². The Morgan fingerprint density at radius 2 is 1.93 bits per heavy atom. The molecule has 146 valence electrons. The monoisotopic (exact) mass is 417 g/mol. The molecular formula is C21H21Cl2N3O2. The smallest absolute Gasteiger partial charge is 0.253 e. The van der Waals surface area contributed by atoms with Crippen molar-refractivity contribution in [2.24, 2.45) is 0 Å². The van der Waals surface area contributed by atoms with Crippen LogP contribution in [0.5, 0.6) is 5.75 Å². The van der Waals surface area contributed by atoms with Gasteiger partial charge in [-0.2, -0.15) is 5.10 Å². The molecule has 0 atom stereocenters. The van der Waals surface area contributed by atoms with E-state index in [1.165, 1.54) is 0 Å². The Bertz CT molecular complexity index is 955. The van der Waals surface area contributed by atoms with Crippen molar-refractivity contribution in [1.29, 1.82) is 0 Å². The van der Waals surface area contributed by atoms with Gasteiger partial charge in [0.15, 0.2) is 0 Å². The third-order valence-corrected chi connectivity index (χ3v) is 4.88. The van der Waals surface area contributed by atoms with E-state index in [1.54, 1.807) is 47.1 Å². The predicted octanol–water partition coefficient (Wildman–Crippen LogP) is 5.06. The second kappa shape index (κ2) is 9.13. The maximum absolute atomic E-state index is 12.7. The van der Waals surface area contributed by atoms with E-state index in [9.17, 15) is 4.79 Å². The van der Waals surface area contributed by atoms with Crippen LogP contribution < -0.4 is 4.74 Å². The molecule has 0 N–H and O–H groups in total. The van der Waals surface area contributed by atoms with Crippen molar-refractivity contribution >= 4 is 29.1 Å². The van der Waals surface area contributed by atoms with Gasteiger partial charge in [-0.1, -0.05) is 41.4 Å². The molecule has 3 rings (SSSR count). The van der Waals surface area contributed by atoms with Crippen molar-refractivity contribution in [3.8, 4) is 5.75 Å². The van der Waals surface area contributed by atoms with Gasteiger partial charge in [0, 0.05) is 24.2 Å². The summed E-state index contributed by atoms with van der Waals surface area (Å²) in [6.45, 7) is 3.48. The summed E-state index contributed by atoms with van der Waals surface area (Å²) >= 11 is 12.1. The summed E-state index contributed by atoms with van der Waals surface area (Å²) in [4.78, 5) is 14.3. The number of halogens is 2. The van der Waals surface area contributed by atoms with Crippen LogP contribution in [0, 0.1) is 0 Å². The van der Waals surface area contributed by atoms with Crippen LogP contribution in [0.3, 0.4) is 0 Å². The average Bonchev–Trinajstić information content (AvgIpc) is 3.06. The number of ether oxygens (including phenoxy) is 1. The molecule has 0 radical (unpaired) electrons. The Labute approximate surface area is 174 Å². The molecule has 0 saturated carbocycles. The number of rotatable bonds is 7. The molecule has 0 unspecified atom stereocenters. The Balaban J connectivity index is 1.62. The van der Waals surface area contributed by atoms with Gasteiger partial charge >= 0.3 is 0 Å². The van der Waals surface area contributed by atoms with Crippen molar-refractivity contribution < 1.29 is 9.53 Å². The molecule has 5 nitrogen and oxygen atoms in total. The van der Waals surface area contributed by atoms with Gasteiger partial charge < -0.3 is 9.64 Å². The molecule has 0 bridgehead atoms. The lowest BCUT2D eigenvalue weighted by atomic mass is 10.1. The lowest BCUT2D eigenvalue weighted by Crippen LogP contribution is -2.27. The maximum atomic E-state index is 12.7. The Morgan fingerprint density at radius 3 is 2.61 bits per heavy atom. The highest BCUT2D eigenvalue weighted by Crippen LogP contribution is 2.20. The van der Waals surface area contributed by atoms with Gasteiger partial charge in [0.2, 0.25) is 0 Å². The van der Waals surface area contributed by atoms with Gasteiger partial charge in [-0.25, -0.2) is 0 Å². The average molecular weight is 418 g/mol. The van der Waals surface area contributed by atoms with Crippen LogP contribution in [-0.4, -0.2) is 27.6 Å². The molecule has 28 heavy (non-hydrogen) atoms. The first-order valence-corrected chi connectivity index (χ1v) is 9.66. The first-order chi connectivity index (χ1) is 13.5. The molecule has 0 aliphatic heterocycles. The predicted molar refractivity (Wildman–Crippen MR) is 111 cm³/mol. The minimum Gasteiger partial charge on any atom is -0.489 e. The molecule has 1 aromatic heterocycles. The summed E-state index contributed by atoms with van der Waals surface area (Å²) in [5.74, 6) is 0.624. The van der Waals surface area contributed by atoms with Crippen molar-refractivity contribution in [3.05, 3.63) is 81.6 Å². The number of carbonyl (C=O) groups excluding carboxylic acids is 1. The van der Waals surface area contributed by atoms with Crippen molar-refractivity contribution in [2.45, 2.75) is 26.6 Å². The summed E-state index contributed by atoms with van der Waals surface area (Å²) in [5, 5.41) is 5.40. The van der Waals surface area contributed by atoms with Crippen molar-refractivity contribution in [3.63, 3.8) is 0 Å². The van der Waals surface area contributed by atoms with Crippen LogP contribution in [0.15, 0.2) is 54.7 Å². The summed E-state index contributed by atoms with van der Waals surface area (Å²) in [7, 11) is 1.75. The summed E-state index contributed by atoms with van der Waals surface area (Å²) in [6, 6.07) is 14.6. The van der Waals surface area contributed by atoms with Crippen molar-refractivity contribution in [2.75, 3.05) is 7.05 Å².